The molecule has 0 heterocycles. The lowest BCUT2D eigenvalue weighted by molar-refractivity contribution is -0.112. The molecule has 0 aromatic rings. The Bertz CT molecular complexity index is 161. The third kappa shape index (κ3) is 1.44. The molecular weight excluding hydrogens is 103 g/mol. The van der Waals surface area contributed by atoms with Gasteiger partial charge in [-0.2, -0.15) is 10.5 Å². The van der Waals surface area contributed by atoms with Crippen LogP contribution in [-0.2, 0) is 4.79 Å². The number of nitrogens with zero attached hydrogens (tertiary/aromatic N) is 2. The van der Waals surface area contributed by atoms with Crippen molar-refractivity contribution in [2.24, 2.45) is 5.92 Å². The lowest BCUT2D eigenvalue weighted by Crippen LogP contribution is -2.08. The van der Waals surface area contributed by atoms with Crippen molar-refractivity contribution in [3.63, 3.8) is 0 Å². The van der Waals surface area contributed by atoms with E-state index in [-0.39, 0.29) is 0 Å². The number of carbonyl (C=O) groups is 1. The molecule has 0 aliphatic carbocycles. The minimum Gasteiger partial charge on any atom is -0.309 e. The summed E-state index contributed by atoms with van der Waals surface area (Å²) < 4.78 is 0. The fourth-order valence-electron chi connectivity index (χ4n) is 0.211. The standard InChI is InChI=1S/C4H3BN2O/c5-4(8)3(1-6)2-7/h3H,5H2. The largest absolute Gasteiger partial charge is 0.309 e. The zero-order chi connectivity index (χ0) is 6.57. The van der Waals surface area contributed by atoms with Gasteiger partial charge in [0.2, 0.25) is 0 Å². The van der Waals surface area contributed by atoms with E-state index in [1.54, 1.807) is 12.1 Å². The molecule has 0 saturated heterocycles. The van der Waals surface area contributed by atoms with E-state index in [1.807, 2.05) is 0 Å². The van der Waals surface area contributed by atoms with E-state index in [4.69, 9.17) is 10.5 Å². The van der Waals surface area contributed by atoms with Gasteiger partial charge in [-0.25, -0.2) is 0 Å². The molecule has 0 aromatic carbocycles. The van der Waals surface area contributed by atoms with Crippen molar-refractivity contribution in [2.75, 3.05) is 0 Å². The van der Waals surface area contributed by atoms with E-state index >= 15 is 0 Å². The Labute approximate surface area is 47.9 Å². The van der Waals surface area contributed by atoms with Crippen molar-refractivity contribution in [1.82, 2.24) is 0 Å². The average Bonchev–Trinajstić information content (AvgIpc) is 1.69. The lowest BCUT2D eigenvalue weighted by atomic mass is 9.91. The molecule has 0 aliphatic rings. The highest BCUT2D eigenvalue weighted by molar-refractivity contribution is 6.58. The molecule has 3 nitrogen and oxygen atoms in total. The predicted molar refractivity (Wildman–Crippen MR) is 28.3 cm³/mol. The van der Waals surface area contributed by atoms with E-state index in [9.17, 15) is 4.79 Å². The lowest BCUT2D eigenvalue weighted by Gasteiger charge is -1.85. The fourth-order valence-corrected chi connectivity index (χ4v) is 0.211. The van der Waals surface area contributed by atoms with Gasteiger partial charge >= 0.3 is 0 Å². The van der Waals surface area contributed by atoms with E-state index < -0.39 is 11.6 Å². The molecule has 0 fully saturated rings. The topological polar surface area (TPSA) is 64.7 Å². The number of nitriles is 2. The molecule has 0 saturated carbocycles. The molecule has 38 valence electrons. The second-order valence-electron chi connectivity index (χ2n) is 1.30. The molecule has 0 aromatic heterocycles. The van der Waals surface area contributed by atoms with E-state index in [1.165, 1.54) is 7.85 Å². The maximum atomic E-state index is 10.2. The van der Waals surface area contributed by atoms with Crippen LogP contribution in [0.15, 0.2) is 0 Å². The van der Waals surface area contributed by atoms with Crippen LogP contribution < -0.4 is 0 Å². The summed E-state index contributed by atoms with van der Waals surface area (Å²) >= 11 is 0. The monoisotopic (exact) mass is 106 g/mol. The quantitative estimate of drug-likeness (QED) is 0.394. The van der Waals surface area contributed by atoms with Crippen LogP contribution in [0.3, 0.4) is 0 Å². The van der Waals surface area contributed by atoms with Gasteiger partial charge in [-0.05, 0) is 0 Å². The summed E-state index contributed by atoms with van der Waals surface area (Å²) in [6, 6.07) is 3.08. The minimum atomic E-state index is -1.07. The second-order valence-corrected chi connectivity index (χ2v) is 1.30. The molecule has 0 bridgehead atoms. The molecule has 8 heavy (non-hydrogen) atoms. The predicted octanol–water partition coefficient (Wildman–Crippen LogP) is -1.19. The zero-order valence-electron chi connectivity index (χ0n) is 4.38. The van der Waals surface area contributed by atoms with E-state index in [2.05, 4.69) is 0 Å². The third-order valence-electron chi connectivity index (χ3n) is 0.665. The Morgan fingerprint density at radius 1 is 1.50 bits per heavy atom. The van der Waals surface area contributed by atoms with Crippen LogP contribution in [0, 0.1) is 28.6 Å². The molecule has 0 aliphatic heterocycles. The Morgan fingerprint density at radius 2 is 1.88 bits per heavy atom. The number of rotatable bonds is 1. The fraction of sp³-hybridized carbons (Fsp3) is 0.250. The average molecular weight is 106 g/mol. The molecule has 4 heteroatoms. The first-order valence-electron chi connectivity index (χ1n) is 2.02. The molecule has 0 N–H and O–H groups in total. The molecule has 0 unspecified atom stereocenters. The first-order valence-corrected chi connectivity index (χ1v) is 2.02. The van der Waals surface area contributed by atoms with Crippen LogP contribution >= 0.6 is 0 Å². The number of hydrogen-bond donors (Lipinski definition) is 0. The van der Waals surface area contributed by atoms with Gasteiger partial charge in [-0.15, -0.1) is 0 Å². The van der Waals surface area contributed by atoms with Gasteiger partial charge in [0.05, 0.1) is 12.1 Å². The summed E-state index contributed by atoms with van der Waals surface area (Å²) in [5, 5.41) is 16.0. The molecular formula is C4H3BN2O. The van der Waals surface area contributed by atoms with Gasteiger partial charge in [0.25, 0.3) is 0 Å². The van der Waals surface area contributed by atoms with Crippen molar-refractivity contribution in [1.29, 1.82) is 10.5 Å². The molecule has 0 spiro atoms. The second kappa shape index (κ2) is 2.82. The molecule has 0 rings (SSSR count). The number of carbonyl (C=O) groups excluding carboxylic acids is 1. The summed E-state index contributed by atoms with van der Waals surface area (Å²) in [7, 11) is 1.22. The maximum Gasteiger partial charge on any atom is 0.190 e. The van der Waals surface area contributed by atoms with Gasteiger partial charge in [0, 0.05) is 0 Å². The summed E-state index contributed by atoms with van der Waals surface area (Å²) in [5.74, 6) is -1.07. The van der Waals surface area contributed by atoms with Crippen LogP contribution in [0.4, 0.5) is 0 Å². The van der Waals surface area contributed by atoms with Gasteiger partial charge in [-0.1, -0.05) is 0 Å². The van der Waals surface area contributed by atoms with Crippen molar-refractivity contribution in [2.45, 2.75) is 0 Å². The van der Waals surface area contributed by atoms with Crippen molar-refractivity contribution in [3.05, 3.63) is 0 Å². The highest BCUT2D eigenvalue weighted by Crippen LogP contribution is 1.87. The highest BCUT2D eigenvalue weighted by atomic mass is 16.1. The Hall–Kier alpha value is -1.29. The normalized spacial score (nSPS) is 7.38. The van der Waals surface area contributed by atoms with Crippen molar-refractivity contribution < 1.29 is 4.79 Å². The van der Waals surface area contributed by atoms with Gasteiger partial charge in [0.1, 0.15) is 5.68 Å². The molecule has 0 amide bonds. The smallest absolute Gasteiger partial charge is 0.190 e. The number of hydrogen-bond acceptors (Lipinski definition) is 3. The zero-order valence-corrected chi connectivity index (χ0v) is 4.38. The summed E-state index contributed by atoms with van der Waals surface area (Å²) in [6.45, 7) is 0. The van der Waals surface area contributed by atoms with E-state index in [0.29, 0.717) is 0 Å². The summed E-state index contributed by atoms with van der Waals surface area (Å²) in [4.78, 5) is 10.2. The van der Waals surface area contributed by atoms with Crippen LogP contribution in [0.25, 0.3) is 0 Å². The molecule has 0 atom stereocenters. The van der Waals surface area contributed by atoms with Gasteiger partial charge in [0.15, 0.2) is 13.8 Å². The minimum absolute atomic E-state index is 0.394. The van der Waals surface area contributed by atoms with Crippen LogP contribution in [0.5, 0.6) is 0 Å². The summed E-state index contributed by atoms with van der Waals surface area (Å²) in [6.07, 6.45) is 0. The highest BCUT2D eigenvalue weighted by Gasteiger charge is 2.08. The summed E-state index contributed by atoms with van der Waals surface area (Å²) in [5.41, 5.74) is -0.394. The Morgan fingerprint density at radius 3 is 1.88 bits per heavy atom. The third-order valence-corrected chi connectivity index (χ3v) is 0.665. The van der Waals surface area contributed by atoms with Crippen LogP contribution in [0.1, 0.15) is 0 Å². The van der Waals surface area contributed by atoms with Crippen LogP contribution in [-0.4, -0.2) is 13.5 Å². The first-order chi connectivity index (χ1) is 3.72. The molecule has 0 radical (unpaired) electrons. The maximum absolute atomic E-state index is 10.2. The van der Waals surface area contributed by atoms with Crippen LogP contribution in [0.2, 0.25) is 0 Å². The van der Waals surface area contributed by atoms with Gasteiger partial charge in [-0.3, -0.25) is 0 Å². The Balaban J connectivity index is 4.02. The first kappa shape index (κ1) is 6.71. The van der Waals surface area contributed by atoms with Crippen molar-refractivity contribution >= 4 is 13.5 Å². The van der Waals surface area contributed by atoms with Crippen molar-refractivity contribution in [3.8, 4) is 12.1 Å². The Kier molecular flexibility index (Phi) is 2.36. The van der Waals surface area contributed by atoms with Gasteiger partial charge < -0.3 is 4.79 Å². The van der Waals surface area contributed by atoms with E-state index in [0.717, 1.165) is 0 Å². The SMILES string of the molecule is BC(=O)C(C#N)C#N.